The number of hydrogen-bond acceptors (Lipinski definition) is 4. The average molecular weight is 420 g/mol. The SMILES string of the molecule is CC(C)(C)NS(=O)(=O)c1ccccc1-c1ccc(NC(=O)[C@H]2CCCN2)c(F)c1. The Morgan fingerprint density at radius 3 is 2.52 bits per heavy atom. The van der Waals surface area contributed by atoms with Gasteiger partial charge in [-0.1, -0.05) is 24.3 Å². The highest BCUT2D eigenvalue weighted by molar-refractivity contribution is 7.89. The van der Waals surface area contributed by atoms with Crippen molar-refractivity contribution < 1.29 is 17.6 Å². The van der Waals surface area contributed by atoms with Crippen LogP contribution in [0.15, 0.2) is 47.4 Å². The van der Waals surface area contributed by atoms with Crippen LogP contribution >= 0.6 is 0 Å². The Morgan fingerprint density at radius 2 is 1.90 bits per heavy atom. The number of nitrogens with one attached hydrogen (secondary N) is 3. The standard InChI is InChI=1S/C21H26FN3O3S/c1-21(2,3)25-29(27,28)19-9-5-4-7-15(19)14-10-11-17(16(22)13-14)24-20(26)18-8-6-12-23-18/h4-5,7,9-11,13,18,23,25H,6,8,12H2,1-3H3,(H,24,26)/t18-/m1/s1. The van der Waals surface area contributed by atoms with Crippen LogP contribution in [0.4, 0.5) is 10.1 Å². The van der Waals surface area contributed by atoms with Crippen molar-refractivity contribution in [2.45, 2.75) is 50.1 Å². The summed E-state index contributed by atoms with van der Waals surface area (Å²) < 4.78 is 42.9. The summed E-state index contributed by atoms with van der Waals surface area (Å²) in [6.45, 7) is 6.03. The summed E-state index contributed by atoms with van der Waals surface area (Å²) in [4.78, 5) is 12.3. The van der Waals surface area contributed by atoms with Gasteiger partial charge in [-0.3, -0.25) is 4.79 Å². The van der Waals surface area contributed by atoms with Gasteiger partial charge in [0.2, 0.25) is 15.9 Å². The number of carbonyl (C=O) groups is 1. The van der Waals surface area contributed by atoms with Crippen LogP contribution in [0.3, 0.4) is 0 Å². The van der Waals surface area contributed by atoms with Gasteiger partial charge in [0, 0.05) is 11.1 Å². The van der Waals surface area contributed by atoms with Gasteiger partial charge in [-0.2, -0.15) is 0 Å². The molecule has 1 aliphatic rings. The summed E-state index contributed by atoms with van der Waals surface area (Å²) in [5.41, 5.74) is 0.216. The maximum atomic E-state index is 14.7. The van der Waals surface area contributed by atoms with E-state index in [0.717, 1.165) is 19.4 Å². The molecule has 8 heteroatoms. The summed E-state index contributed by atoms with van der Waals surface area (Å²) in [5.74, 6) is -0.892. The van der Waals surface area contributed by atoms with Crippen molar-refractivity contribution in [2.24, 2.45) is 0 Å². The van der Waals surface area contributed by atoms with Crippen molar-refractivity contribution in [1.29, 1.82) is 0 Å². The van der Waals surface area contributed by atoms with Gasteiger partial charge in [0.1, 0.15) is 5.82 Å². The Balaban J connectivity index is 1.90. The third-order valence-corrected chi connectivity index (χ3v) is 6.35. The monoisotopic (exact) mass is 419 g/mol. The van der Waals surface area contributed by atoms with Gasteiger partial charge >= 0.3 is 0 Å². The molecule has 3 N–H and O–H groups in total. The zero-order valence-electron chi connectivity index (χ0n) is 16.8. The fraction of sp³-hybridized carbons (Fsp3) is 0.381. The van der Waals surface area contributed by atoms with Gasteiger partial charge in [0.25, 0.3) is 0 Å². The molecule has 29 heavy (non-hydrogen) atoms. The molecule has 1 fully saturated rings. The highest BCUT2D eigenvalue weighted by atomic mass is 32.2. The van der Waals surface area contributed by atoms with Crippen molar-refractivity contribution in [1.82, 2.24) is 10.0 Å². The number of halogens is 1. The van der Waals surface area contributed by atoms with E-state index in [0.29, 0.717) is 11.1 Å². The third kappa shape index (κ3) is 5.20. The Kier molecular flexibility index (Phi) is 6.07. The van der Waals surface area contributed by atoms with Gasteiger partial charge in [-0.15, -0.1) is 0 Å². The Morgan fingerprint density at radius 1 is 1.17 bits per heavy atom. The lowest BCUT2D eigenvalue weighted by atomic mass is 10.0. The van der Waals surface area contributed by atoms with E-state index >= 15 is 0 Å². The predicted octanol–water partition coefficient (Wildman–Crippen LogP) is 3.26. The second kappa shape index (κ2) is 8.22. The molecule has 0 saturated carbocycles. The van der Waals surface area contributed by atoms with Gasteiger partial charge in [0.15, 0.2) is 0 Å². The quantitative estimate of drug-likeness (QED) is 0.694. The molecule has 1 saturated heterocycles. The molecule has 2 aromatic rings. The van der Waals surface area contributed by atoms with Crippen molar-refractivity contribution in [3.63, 3.8) is 0 Å². The highest BCUT2D eigenvalue weighted by Gasteiger charge is 2.26. The second-order valence-electron chi connectivity index (χ2n) is 8.18. The van der Waals surface area contributed by atoms with Crippen LogP contribution < -0.4 is 15.4 Å². The molecule has 156 valence electrons. The first-order valence-corrected chi connectivity index (χ1v) is 11.0. The Labute approximate surface area is 171 Å². The molecular weight excluding hydrogens is 393 g/mol. The molecular formula is C21H26FN3O3S. The first kappa shape index (κ1) is 21.4. The summed E-state index contributed by atoms with van der Waals surface area (Å²) in [6, 6.07) is 10.4. The predicted molar refractivity (Wildman–Crippen MR) is 112 cm³/mol. The molecule has 1 heterocycles. The van der Waals surface area contributed by atoms with E-state index in [1.54, 1.807) is 45.0 Å². The smallest absolute Gasteiger partial charge is 0.241 e. The summed E-state index contributed by atoms with van der Waals surface area (Å²) in [6.07, 6.45) is 1.63. The third-order valence-electron chi connectivity index (χ3n) is 4.53. The van der Waals surface area contributed by atoms with E-state index in [-0.39, 0.29) is 22.5 Å². The van der Waals surface area contributed by atoms with Crippen LogP contribution in [0.1, 0.15) is 33.6 Å². The normalized spacial score (nSPS) is 17.3. The molecule has 1 atom stereocenters. The van der Waals surface area contributed by atoms with E-state index in [1.807, 2.05) is 0 Å². The van der Waals surface area contributed by atoms with Gasteiger partial charge < -0.3 is 10.6 Å². The van der Waals surface area contributed by atoms with Crippen molar-refractivity contribution in [3.8, 4) is 11.1 Å². The van der Waals surface area contributed by atoms with Crippen LogP contribution in [0.25, 0.3) is 11.1 Å². The maximum Gasteiger partial charge on any atom is 0.241 e. The highest BCUT2D eigenvalue weighted by Crippen LogP contribution is 2.30. The lowest BCUT2D eigenvalue weighted by molar-refractivity contribution is -0.117. The van der Waals surface area contributed by atoms with Crippen LogP contribution in [0.2, 0.25) is 0 Å². The van der Waals surface area contributed by atoms with Crippen molar-refractivity contribution in [3.05, 3.63) is 48.3 Å². The van der Waals surface area contributed by atoms with E-state index < -0.39 is 21.4 Å². The maximum absolute atomic E-state index is 14.7. The van der Waals surface area contributed by atoms with E-state index in [4.69, 9.17) is 0 Å². The fourth-order valence-electron chi connectivity index (χ4n) is 3.31. The largest absolute Gasteiger partial charge is 0.322 e. The fourth-order valence-corrected chi connectivity index (χ4v) is 4.96. The zero-order chi connectivity index (χ0) is 21.2. The molecule has 0 spiro atoms. The minimum absolute atomic E-state index is 0.0700. The van der Waals surface area contributed by atoms with Crippen molar-refractivity contribution >= 4 is 21.6 Å². The minimum atomic E-state index is -3.80. The number of sulfonamides is 1. The van der Waals surface area contributed by atoms with E-state index in [2.05, 4.69) is 15.4 Å². The number of benzene rings is 2. The zero-order valence-corrected chi connectivity index (χ0v) is 17.6. The van der Waals surface area contributed by atoms with Crippen LogP contribution in [-0.4, -0.2) is 32.5 Å². The molecule has 0 bridgehead atoms. The van der Waals surface area contributed by atoms with E-state index in [1.165, 1.54) is 18.2 Å². The first-order valence-electron chi connectivity index (χ1n) is 9.54. The van der Waals surface area contributed by atoms with E-state index in [9.17, 15) is 17.6 Å². The molecule has 3 rings (SSSR count). The molecule has 1 amide bonds. The van der Waals surface area contributed by atoms with Crippen molar-refractivity contribution in [2.75, 3.05) is 11.9 Å². The number of carbonyl (C=O) groups excluding carboxylic acids is 1. The lowest BCUT2D eigenvalue weighted by Crippen LogP contribution is -2.40. The second-order valence-corrected chi connectivity index (χ2v) is 9.84. The molecule has 2 aromatic carbocycles. The molecule has 0 radical (unpaired) electrons. The molecule has 1 aliphatic heterocycles. The minimum Gasteiger partial charge on any atom is -0.322 e. The molecule has 0 aromatic heterocycles. The summed E-state index contributed by atoms with van der Waals surface area (Å²) in [7, 11) is -3.80. The van der Waals surface area contributed by atoms with Crippen LogP contribution in [0, 0.1) is 5.82 Å². The summed E-state index contributed by atoms with van der Waals surface area (Å²) >= 11 is 0. The number of hydrogen-bond donors (Lipinski definition) is 3. The van der Waals surface area contributed by atoms with Crippen LogP contribution in [-0.2, 0) is 14.8 Å². The first-order chi connectivity index (χ1) is 13.6. The number of rotatable bonds is 5. The number of amides is 1. The molecule has 0 unspecified atom stereocenters. The topological polar surface area (TPSA) is 87.3 Å². The average Bonchev–Trinajstić information content (AvgIpc) is 3.16. The van der Waals surface area contributed by atoms with Crippen LogP contribution in [0.5, 0.6) is 0 Å². The van der Waals surface area contributed by atoms with Gasteiger partial charge in [0.05, 0.1) is 16.6 Å². The lowest BCUT2D eigenvalue weighted by Gasteiger charge is -2.21. The summed E-state index contributed by atoms with van der Waals surface area (Å²) in [5, 5.41) is 5.67. The Hall–Kier alpha value is -2.29. The van der Waals surface area contributed by atoms with Gasteiger partial charge in [-0.05, 0) is 63.9 Å². The Bertz CT molecular complexity index is 1010. The van der Waals surface area contributed by atoms with Gasteiger partial charge in [-0.25, -0.2) is 17.5 Å². The molecule has 0 aliphatic carbocycles. The number of anilines is 1. The molecule has 6 nitrogen and oxygen atoms in total.